The van der Waals surface area contributed by atoms with Crippen molar-refractivity contribution in [2.75, 3.05) is 25.1 Å². The fourth-order valence-electron chi connectivity index (χ4n) is 2.63. The Hall–Kier alpha value is -1.55. The van der Waals surface area contributed by atoms with Crippen molar-refractivity contribution in [1.29, 1.82) is 0 Å². The van der Waals surface area contributed by atoms with Crippen molar-refractivity contribution < 1.29 is 9.53 Å². The summed E-state index contributed by atoms with van der Waals surface area (Å²) in [5.41, 5.74) is 2.18. The maximum Gasteiger partial charge on any atom is 0.241 e. The standard InChI is InChI=1S/C12H14N2O2/c1-16-11-4-2-3-10-9(11)5-8-6-13-7-12(15)14(8)10/h2-4,8,13H,5-7H2,1H3. The molecule has 0 aliphatic carbocycles. The van der Waals surface area contributed by atoms with Crippen LogP contribution >= 0.6 is 0 Å². The van der Waals surface area contributed by atoms with Crippen molar-refractivity contribution in [3.63, 3.8) is 0 Å². The molecule has 4 nitrogen and oxygen atoms in total. The van der Waals surface area contributed by atoms with Gasteiger partial charge in [0, 0.05) is 18.5 Å². The summed E-state index contributed by atoms with van der Waals surface area (Å²) >= 11 is 0. The summed E-state index contributed by atoms with van der Waals surface area (Å²) in [4.78, 5) is 13.8. The van der Waals surface area contributed by atoms with Gasteiger partial charge in [0.15, 0.2) is 0 Å². The topological polar surface area (TPSA) is 41.6 Å². The van der Waals surface area contributed by atoms with E-state index in [1.165, 1.54) is 0 Å². The minimum Gasteiger partial charge on any atom is -0.496 e. The van der Waals surface area contributed by atoms with Gasteiger partial charge < -0.3 is 15.0 Å². The highest BCUT2D eigenvalue weighted by molar-refractivity contribution is 5.98. The zero-order valence-electron chi connectivity index (χ0n) is 9.19. The number of amides is 1. The second-order valence-electron chi connectivity index (χ2n) is 4.21. The predicted molar refractivity (Wildman–Crippen MR) is 60.8 cm³/mol. The van der Waals surface area contributed by atoms with Crippen molar-refractivity contribution in [1.82, 2.24) is 5.32 Å². The maximum atomic E-state index is 11.9. The van der Waals surface area contributed by atoms with Crippen molar-refractivity contribution in [2.24, 2.45) is 0 Å². The molecule has 1 aromatic rings. The molecule has 0 bridgehead atoms. The van der Waals surface area contributed by atoms with E-state index in [2.05, 4.69) is 5.32 Å². The summed E-state index contributed by atoms with van der Waals surface area (Å²) < 4.78 is 5.34. The summed E-state index contributed by atoms with van der Waals surface area (Å²) in [5.74, 6) is 1.04. The molecule has 0 radical (unpaired) electrons. The second-order valence-corrected chi connectivity index (χ2v) is 4.21. The zero-order valence-corrected chi connectivity index (χ0v) is 9.19. The van der Waals surface area contributed by atoms with Gasteiger partial charge in [-0.05, 0) is 12.1 Å². The molecular weight excluding hydrogens is 204 g/mol. The number of carbonyl (C=O) groups excluding carboxylic acids is 1. The summed E-state index contributed by atoms with van der Waals surface area (Å²) in [6, 6.07) is 6.15. The van der Waals surface area contributed by atoms with Gasteiger partial charge in [0.1, 0.15) is 5.75 Å². The van der Waals surface area contributed by atoms with Crippen LogP contribution in [0.25, 0.3) is 0 Å². The van der Waals surface area contributed by atoms with Gasteiger partial charge >= 0.3 is 0 Å². The van der Waals surface area contributed by atoms with Crippen LogP contribution in [0.5, 0.6) is 5.75 Å². The molecule has 2 heterocycles. The van der Waals surface area contributed by atoms with Gasteiger partial charge in [-0.15, -0.1) is 0 Å². The Morgan fingerprint density at radius 3 is 3.19 bits per heavy atom. The molecule has 1 N–H and O–H groups in total. The summed E-state index contributed by atoms with van der Waals surface area (Å²) in [5, 5.41) is 3.15. The number of methoxy groups -OCH3 is 1. The molecule has 84 valence electrons. The Morgan fingerprint density at radius 2 is 2.38 bits per heavy atom. The molecular formula is C12H14N2O2. The Kier molecular flexibility index (Phi) is 2.11. The van der Waals surface area contributed by atoms with Gasteiger partial charge in [0.05, 0.1) is 25.4 Å². The molecule has 1 atom stereocenters. The molecule has 1 saturated heterocycles. The fraction of sp³-hybridized carbons (Fsp3) is 0.417. The molecule has 0 spiro atoms. The first-order chi connectivity index (χ1) is 7.81. The van der Waals surface area contributed by atoms with Crippen molar-refractivity contribution in [2.45, 2.75) is 12.5 Å². The van der Waals surface area contributed by atoms with Crippen LogP contribution in [0.15, 0.2) is 18.2 Å². The van der Waals surface area contributed by atoms with E-state index in [0.29, 0.717) is 6.54 Å². The van der Waals surface area contributed by atoms with Gasteiger partial charge in [0.2, 0.25) is 5.91 Å². The first-order valence-corrected chi connectivity index (χ1v) is 5.50. The normalized spacial score (nSPS) is 22.9. The molecule has 0 aromatic heterocycles. The number of nitrogens with zero attached hydrogens (tertiary/aromatic N) is 1. The van der Waals surface area contributed by atoms with Crippen LogP contribution in [0, 0.1) is 0 Å². The van der Waals surface area contributed by atoms with E-state index in [-0.39, 0.29) is 11.9 Å². The van der Waals surface area contributed by atoms with Gasteiger partial charge in [-0.25, -0.2) is 0 Å². The molecule has 2 aliphatic rings. The lowest BCUT2D eigenvalue weighted by Gasteiger charge is -2.30. The fourth-order valence-corrected chi connectivity index (χ4v) is 2.63. The summed E-state index contributed by atoms with van der Waals surface area (Å²) in [6.07, 6.45) is 0.887. The highest BCUT2D eigenvalue weighted by Gasteiger charge is 2.37. The van der Waals surface area contributed by atoms with Gasteiger partial charge in [-0.2, -0.15) is 0 Å². The van der Waals surface area contributed by atoms with E-state index in [9.17, 15) is 4.79 Å². The minimum absolute atomic E-state index is 0.156. The van der Waals surface area contributed by atoms with Crippen LogP contribution < -0.4 is 15.0 Å². The summed E-state index contributed by atoms with van der Waals surface area (Å²) in [7, 11) is 1.67. The highest BCUT2D eigenvalue weighted by Crippen LogP contribution is 2.38. The van der Waals surface area contributed by atoms with E-state index in [1.54, 1.807) is 7.11 Å². The van der Waals surface area contributed by atoms with Crippen LogP contribution in [-0.2, 0) is 11.2 Å². The number of benzene rings is 1. The quantitative estimate of drug-likeness (QED) is 0.748. The highest BCUT2D eigenvalue weighted by atomic mass is 16.5. The van der Waals surface area contributed by atoms with E-state index in [1.807, 2.05) is 23.1 Å². The van der Waals surface area contributed by atoms with Gasteiger partial charge in [0.25, 0.3) is 0 Å². The van der Waals surface area contributed by atoms with Crippen LogP contribution in [0.4, 0.5) is 5.69 Å². The third-order valence-electron chi connectivity index (χ3n) is 3.32. The number of fused-ring (bicyclic) bond motifs is 3. The first kappa shape index (κ1) is 9.66. The average molecular weight is 218 g/mol. The lowest BCUT2D eigenvalue weighted by atomic mass is 10.1. The number of piperazine rings is 1. The monoisotopic (exact) mass is 218 g/mol. The van der Waals surface area contributed by atoms with Gasteiger partial charge in [-0.1, -0.05) is 6.07 Å². The molecule has 1 fully saturated rings. The number of nitrogens with one attached hydrogen (secondary N) is 1. The largest absolute Gasteiger partial charge is 0.496 e. The molecule has 2 aliphatic heterocycles. The molecule has 16 heavy (non-hydrogen) atoms. The van der Waals surface area contributed by atoms with E-state index in [0.717, 1.165) is 30.0 Å². The second kappa shape index (κ2) is 3.49. The number of hydrogen-bond acceptors (Lipinski definition) is 3. The molecule has 1 amide bonds. The predicted octanol–water partition coefficient (Wildman–Crippen LogP) is 0.556. The lowest BCUT2D eigenvalue weighted by molar-refractivity contribution is -0.119. The minimum atomic E-state index is 0.156. The first-order valence-electron chi connectivity index (χ1n) is 5.50. The molecule has 4 heteroatoms. The van der Waals surface area contributed by atoms with Crippen LogP contribution in [0.1, 0.15) is 5.56 Å². The molecule has 1 unspecified atom stereocenters. The van der Waals surface area contributed by atoms with Crippen LogP contribution in [-0.4, -0.2) is 32.1 Å². The average Bonchev–Trinajstić information content (AvgIpc) is 2.68. The van der Waals surface area contributed by atoms with E-state index in [4.69, 9.17) is 4.74 Å². The number of rotatable bonds is 1. The van der Waals surface area contributed by atoms with Crippen LogP contribution in [0.3, 0.4) is 0 Å². The van der Waals surface area contributed by atoms with E-state index >= 15 is 0 Å². The third-order valence-corrected chi connectivity index (χ3v) is 3.32. The zero-order chi connectivity index (χ0) is 11.1. The van der Waals surface area contributed by atoms with Crippen molar-refractivity contribution >= 4 is 11.6 Å². The summed E-state index contributed by atoms with van der Waals surface area (Å²) in [6.45, 7) is 1.30. The van der Waals surface area contributed by atoms with Crippen LogP contribution in [0.2, 0.25) is 0 Å². The lowest BCUT2D eigenvalue weighted by Crippen LogP contribution is -2.53. The van der Waals surface area contributed by atoms with E-state index < -0.39 is 0 Å². The molecule has 1 aromatic carbocycles. The third kappa shape index (κ3) is 1.23. The Balaban J connectivity index is 2.08. The molecule has 3 rings (SSSR count). The number of anilines is 1. The Morgan fingerprint density at radius 1 is 1.50 bits per heavy atom. The Labute approximate surface area is 94.2 Å². The number of hydrogen-bond donors (Lipinski definition) is 1. The van der Waals surface area contributed by atoms with Gasteiger partial charge in [-0.3, -0.25) is 4.79 Å². The smallest absolute Gasteiger partial charge is 0.241 e. The number of carbonyl (C=O) groups is 1. The van der Waals surface area contributed by atoms with Crippen molar-refractivity contribution in [3.05, 3.63) is 23.8 Å². The Bertz CT molecular complexity index is 445. The molecule has 0 saturated carbocycles. The SMILES string of the molecule is COc1cccc2c1CC1CNCC(=O)N21. The number of ether oxygens (including phenoxy) is 1. The maximum absolute atomic E-state index is 11.9. The van der Waals surface area contributed by atoms with Crippen molar-refractivity contribution in [3.8, 4) is 5.75 Å².